The molecule has 0 saturated heterocycles. The molecule has 0 saturated carbocycles. The monoisotopic (exact) mass is 98.0 g/mol. The highest BCUT2D eigenvalue weighted by Gasteiger charge is 1.60. The van der Waals surface area contributed by atoms with Crippen molar-refractivity contribution < 1.29 is 10.2 Å². The van der Waals surface area contributed by atoms with E-state index in [1.165, 1.54) is 6.92 Å². The Labute approximate surface area is 42.4 Å². The summed E-state index contributed by atoms with van der Waals surface area (Å²) < 4.78 is 0. The van der Waals surface area contributed by atoms with Crippen LogP contribution in [0, 0.1) is 0 Å². The molecule has 0 aliphatic carbocycles. The molecule has 0 atom stereocenters. The molecule has 0 spiro atoms. The standard InChI is InChI=1S/C5H8O2/c1-4(6)3-5(2)7/h3,6-7H,1H2,2H3/p-2/b5-3-. The van der Waals surface area contributed by atoms with Gasteiger partial charge in [0.25, 0.3) is 0 Å². The molecular weight excluding hydrogens is 92.1 g/mol. The van der Waals surface area contributed by atoms with E-state index in [0.717, 1.165) is 6.08 Å². The Morgan fingerprint density at radius 1 is 1.57 bits per heavy atom. The third-order valence-electron chi connectivity index (χ3n) is 0.364. The summed E-state index contributed by atoms with van der Waals surface area (Å²) in [6, 6.07) is 0. The number of rotatable bonds is 1. The van der Waals surface area contributed by atoms with Crippen molar-refractivity contribution >= 4 is 0 Å². The van der Waals surface area contributed by atoms with E-state index in [1.807, 2.05) is 0 Å². The van der Waals surface area contributed by atoms with E-state index in [4.69, 9.17) is 0 Å². The highest BCUT2D eigenvalue weighted by Crippen LogP contribution is 1.82. The Balaban J connectivity index is 3.68. The second kappa shape index (κ2) is 2.29. The van der Waals surface area contributed by atoms with Gasteiger partial charge in [-0.05, 0) is 0 Å². The Morgan fingerprint density at radius 3 is 2.00 bits per heavy atom. The van der Waals surface area contributed by atoms with Gasteiger partial charge in [-0.3, -0.25) is 0 Å². The van der Waals surface area contributed by atoms with Gasteiger partial charge in [-0.1, -0.05) is 13.0 Å². The van der Waals surface area contributed by atoms with Gasteiger partial charge in [-0.25, -0.2) is 0 Å². The molecule has 7 heavy (non-hydrogen) atoms. The smallest absolute Gasteiger partial charge is 0.0543 e. The fourth-order valence-electron chi connectivity index (χ4n) is 0.227. The van der Waals surface area contributed by atoms with Crippen LogP contribution in [-0.4, -0.2) is 0 Å². The summed E-state index contributed by atoms with van der Waals surface area (Å²) in [5, 5.41) is 19.8. The summed E-state index contributed by atoms with van der Waals surface area (Å²) in [5.41, 5.74) is 0. The molecule has 0 N–H and O–H groups in total. The van der Waals surface area contributed by atoms with Crippen molar-refractivity contribution in [2.24, 2.45) is 0 Å². The molecule has 0 aromatic carbocycles. The van der Waals surface area contributed by atoms with Gasteiger partial charge in [0.1, 0.15) is 0 Å². The van der Waals surface area contributed by atoms with Gasteiger partial charge in [0.2, 0.25) is 0 Å². The molecule has 40 valence electrons. The predicted molar refractivity (Wildman–Crippen MR) is 22.9 cm³/mol. The molecule has 0 aromatic rings. The van der Waals surface area contributed by atoms with Crippen LogP contribution in [0.15, 0.2) is 24.2 Å². The predicted octanol–water partition coefficient (Wildman–Crippen LogP) is -0.876. The largest absolute Gasteiger partial charge is 0.876 e. The van der Waals surface area contributed by atoms with E-state index >= 15 is 0 Å². The SMILES string of the molecule is C=C([O-])/C=C(/C)[O-]. The zero-order valence-electron chi connectivity index (χ0n) is 4.10. The molecule has 0 fully saturated rings. The summed E-state index contributed by atoms with van der Waals surface area (Å²) in [6.45, 7) is 4.27. The second-order valence-corrected chi connectivity index (χ2v) is 1.22. The van der Waals surface area contributed by atoms with Crippen molar-refractivity contribution in [2.75, 3.05) is 0 Å². The molecule has 0 aromatic heterocycles. The van der Waals surface area contributed by atoms with Crippen LogP contribution in [0.5, 0.6) is 0 Å². The molecule has 0 unspecified atom stereocenters. The van der Waals surface area contributed by atoms with Crippen LogP contribution >= 0.6 is 0 Å². The maximum Gasteiger partial charge on any atom is -0.0543 e. The van der Waals surface area contributed by atoms with E-state index < -0.39 is 5.76 Å². The second-order valence-electron chi connectivity index (χ2n) is 1.22. The van der Waals surface area contributed by atoms with E-state index in [1.54, 1.807) is 0 Å². The van der Waals surface area contributed by atoms with Gasteiger partial charge in [0.15, 0.2) is 0 Å². The van der Waals surface area contributed by atoms with Gasteiger partial charge >= 0.3 is 0 Å². The van der Waals surface area contributed by atoms with Crippen LogP contribution < -0.4 is 10.2 Å². The molecule has 2 heteroatoms. The van der Waals surface area contributed by atoms with Gasteiger partial charge < -0.3 is 10.2 Å². The summed E-state index contributed by atoms with van der Waals surface area (Å²) in [5.74, 6) is -0.687. The third-order valence-corrected chi connectivity index (χ3v) is 0.364. The first kappa shape index (κ1) is 6.08. The van der Waals surface area contributed by atoms with Gasteiger partial charge in [-0.2, -0.15) is 0 Å². The molecule has 0 radical (unpaired) electrons. The van der Waals surface area contributed by atoms with Crippen molar-refractivity contribution in [1.82, 2.24) is 0 Å². The zero-order chi connectivity index (χ0) is 5.86. The van der Waals surface area contributed by atoms with Crippen LogP contribution in [0.1, 0.15) is 6.92 Å². The first-order chi connectivity index (χ1) is 3.13. The Morgan fingerprint density at radius 2 is 2.00 bits per heavy atom. The molecule has 0 bridgehead atoms. The fourth-order valence-corrected chi connectivity index (χ4v) is 0.227. The minimum absolute atomic E-state index is 0.250. The summed E-state index contributed by atoms with van der Waals surface area (Å²) >= 11 is 0. The molecule has 0 rings (SSSR count). The lowest BCUT2D eigenvalue weighted by molar-refractivity contribution is -0.312. The van der Waals surface area contributed by atoms with Crippen molar-refractivity contribution in [1.29, 1.82) is 0 Å². The highest BCUT2D eigenvalue weighted by atomic mass is 16.3. The number of allylic oxidation sites excluding steroid dienone is 2. The lowest BCUT2D eigenvalue weighted by Crippen LogP contribution is -2.03. The van der Waals surface area contributed by atoms with E-state index in [0.29, 0.717) is 0 Å². The van der Waals surface area contributed by atoms with Crippen LogP contribution in [0.4, 0.5) is 0 Å². The summed E-state index contributed by atoms with van der Waals surface area (Å²) in [7, 11) is 0. The van der Waals surface area contributed by atoms with Crippen LogP contribution in [0.3, 0.4) is 0 Å². The van der Waals surface area contributed by atoms with Gasteiger partial charge in [0, 0.05) is 0 Å². The van der Waals surface area contributed by atoms with Crippen LogP contribution in [0.25, 0.3) is 0 Å². The lowest BCUT2D eigenvalue weighted by Gasteiger charge is -2.07. The lowest BCUT2D eigenvalue weighted by atomic mass is 10.4. The van der Waals surface area contributed by atoms with Crippen molar-refractivity contribution in [3.8, 4) is 0 Å². The molecule has 0 heterocycles. The average molecular weight is 98.1 g/mol. The van der Waals surface area contributed by atoms with Gasteiger partial charge in [-0.15, -0.1) is 18.1 Å². The summed E-state index contributed by atoms with van der Waals surface area (Å²) in [6.07, 6.45) is 0.944. The molecule has 0 aliphatic heterocycles. The molecular formula is C5H6O2-2. The van der Waals surface area contributed by atoms with Crippen molar-refractivity contribution in [2.45, 2.75) is 6.92 Å². The van der Waals surface area contributed by atoms with Crippen molar-refractivity contribution in [3.63, 3.8) is 0 Å². The Bertz CT molecular complexity index is 98.6. The van der Waals surface area contributed by atoms with E-state index in [-0.39, 0.29) is 5.76 Å². The molecule has 0 aliphatic rings. The molecule has 2 nitrogen and oxygen atoms in total. The fraction of sp³-hybridized carbons (Fsp3) is 0.200. The summed E-state index contributed by atoms with van der Waals surface area (Å²) in [4.78, 5) is 0. The topological polar surface area (TPSA) is 46.1 Å². The highest BCUT2D eigenvalue weighted by molar-refractivity contribution is 5.04. The normalized spacial score (nSPS) is 11.3. The van der Waals surface area contributed by atoms with Crippen LogP contribution in [-0.2, 0) is 0 Å². The maximum atomic E-state index is 9.94. The Kier molecular flexibility index (Phi) is 1.99. The molecule has 0 amide bonds. The minimum Gasteiger partial charge on any atom is -0.876 e. The van der Waals surface area contributed by atoms with E-state index in [9.17, 15) is 10.2 Å². The maximum absolute atomic E-state index is 9.94. The van der Waals surface area contributed by atoms with Crippen molar-refractivity contribution in [3.05, 3.63) is 24.2 Å². The van der Waals surface area contributed by atoms with Crippen LogP contribution in [0.2, 0.25) is 0 Å². The van der Waals surface area contributed by atoms with Gasteiger partial charge in [0.05, 0.1) is 0 Å². The average Bonchev–Trinajstić information content (AvgIpc) is 1.27. The third kappa shape index (κ3) is 5.08. The Hall–Kier alpha value is -0.920. The zero-order valence-corrected chi connectivity index (χ0v) is 4.10. The quantitative estimate of drug-likeness (QED) is 0.316. The number of hydrogen-bond acceptors (Lipinski definition) is 2. The van der Waals surface area contributed by atoms with E-state index in [2.05, 4.69) is 6.58 Å². The first-order valence-corrected chi connectivity index (χ1v) is 1.84. The first-order valence-electron chi connectivity index (χ1n) is 1.84. The number of hydrogen-bond donors (Lipinski definition) is 0. The minimum atomic E-state index is -0.437.